The predicted octanol–water partition coefficient (Wildman–Crippen LogP) is 7.40. The van der Waals surface area contributed by atoms with Gasteiger partial charge in [-0.3, -0.25) is 29.1 Å². The highest BCUT2D eigenvalue weighted by Gasteiger charge is 2.30. The fraction of sp³-hybridized carbons (Fsp3) is 0.409. The molecule has 8 rings (SSSR count). The molecule has 0 spiro atoms. The van der Waals surface area contributed by atoms with Crippen LogP contribution < -0.4 is 20.4 Å². The van der Waals surface area contributed by atoms with Gasteiger partial charge in [0.15, 0.2) is 0 Å². The van der Waals surface area contributed by atoms with Crippen molar-refractivity contribution in [1.29, 1.82) is 0 Å². The Bertz CT molecular complexity index is 2070. The average molecular weight is 763 g/mol. The molecular weight excluding hydrogens is 715 g/mol. The number of hydrogen-bond acceptors (Lipinski definition) is 6. The van der Waals surface area contributed by atoms with E-state index in [1.54, 1.807) is 38.9 Å². The lowest BCUT2D eigenvalue weighted by molar-refractivity contribution is -0.122. The third-order valence-electron chi connectivity index (χ3n) is 11.7. The van der Waals surface area contributed by atoms with Crippen LogP contribution in [0.4, 0.5) is 20.2 Å². The molecular formula is C44H48F2N6O4. The molecule has 2 N–H and O–H groups in total. The number of nitrogens with one attached hydrogen (secondary N) is 2. The van der Waals surface area contributed by atoms with Gasteiger partial charge in [-0.05, 0) is 109 Å². The lowest BCUT2D eigenvalue weighted by Crippen LogP contribution is -2.31. The van der Waals surface area contributed by atoms with Crippen molar-refractivity contribution in [3.05, 3.63) is 94.1 Å². The number of fused-ring (bicyclic) bond motifs is 4. The summed E-state index contributed by atoms with van der Waals surface area (Å²) in [6.07, 6.45) is 15.2. The lowest BCUT2D eigenvalue weighted by Gasteiger charge is -2.29. The number of rotatable bonds is 6. The molecule has 2 aromatic carbocycles. The monoisotopic (exact) mass is 762 g/mol. The zero-order valence-electron chi connectivity index (χ0n) is 32.4. The highest BCUT2D eigenvalue weighted by Crippen LogP contribution is 2.41. The molecule has 12 heteroatoms. The number of aryl methyl sites for hydroxylation is 2. The maximum atomic E-state index is 15.1. The van der Waals surface area contributed by atoms with Gasteiger partial charge < -0.3 is 20.4 Å². The van der Waals surface area contributed by atoms with Crippen LogP contribution in [0, 0.1) is 11.6 Å². The number of carbonyl (C=O) groups excluding carboxylic acids is 4. The third-order valence-corrected chi connectivity index (χ3v) is 11.7. The first-order valence-electron chi connectivity index (χ1n) is 19.7. The summed E-state index contributed by atoms with van der Waals surface area (Å²) in [4.78, 5) is 59.4. The van der Waals surface area contributed by atoms with E-state index in [-0.39, 0.29) is 47.3 Å². The van der Waals surface area contributed by atoms with Crippen LogP contribution in [0.3, 0.4) is 0 Å². The molecule has 2 unspecified atom stereocenters. The van der Waals surface area contributed by atoms with Crippen molar-refractivity contribution < 1.29 is 28.0 Å². The van der Waals surface area contributed by atoms with E-state index in [4.69, 9.17) is 0 Å². The van der Waals surface area contributed by atoms with Crippen molar-refractivity contribution in [3.63, 3.8) is 0 Å². The van der Waals surface area contributed by atoms with Crippen molar-refractivity contribution in [2.24, 2.45) is 0 Å². The first-order valence-corrected chi connectivity index (χ1v) is 19.7. The summed E-state index contributed by atoms with van der Waals surface area (Å²) in [5.41, 5.74) is 9.92. The summed E-state index contributed by atoms with van der Waals surface area (Å²) in [6.45, 7) is 3.66. The fourth-order valence-corrected chi connectivity index (χ4v) is 8.54. The minimum Gasteiger partial charge on any atom is -0.349 e. The van der Waals surface area contributed by atoms with Crippen molar-refractivity contribution in [2.75, 3.05) is 23.9 Å². The summed E-state index contributed by atoms with van der Waals surface area (Å²) < 4.78 is 30.1. The Kier molecular flexibility index (Phi) is 11.3. The van der Waals surface area contributed by atoms with Crippen LogP contribution >= 0.6 is 0 Å². The molecule has 4 aliphatic rings. The van der Waals surface area contributed by atoms with Gasteiger partial charge in [-0.2, -0.15) is 0 Å². The Morgan fingerprint density at radius 1 is 0.625 bits per heavy atom. The largest absolute Gasteiger partial charge is 0.349 e. The number of aromatic nitrogens is 2. The first-order chi connectivity index (χ1) is 27.0. The Balaban J connectivity index is 0.000000172. The van der Waals surface area contributed by atoms with Crippen molar-refractivity contribution in [2.45, 2.75) is 103 Å². The van der Waals surface area contributed by atoms with E-state index in [1.807, 2.05) is 26.0 Å². The number of nitrogens with zero attached hydrogens (tertiary/aromatic N) is 4. The van der Waals surface area contributed by atoms with Gasteiger partial charge in [0.05, 0.1) is 12.1 Å². The molecule has 2 aliphatic heterocycles. The summed E-state index contributed by atoms with van der Waals surface area (Å²) >= 11 is 0. The lowest BCUT2D eigenvalue weighted by atomic mass is 9.84. The summed E-state index contributed by atoms with van der Waals surface area (Å²) in [5.74, 6) is -0.668. The molecule has 2 aromatic heterocycles. The molecule has 0 radical (unpaired) electrons. The SMILES string of the molecule is CCC(=O)NC1CCCc2c(-c3cc4c(cc3F)N(C)C(=O)CC4)cncc21.CCC(=O)NC1CCCc2c(-c3cc4c(cc3F)N(C)C(=O)CC4)cncc21. The Hall–Kier alpha value is -5.52. The van der Waals surface area contributed by atoms with E-state index in [0.717, 1.165) is 83.0 Å². The first kappa shape index (κ1) is 38.7. The normalized spacial score (nSPS) is 18.5. The standard InChI is InChI=1S/2C22H24FN3O2/c2*1-3-21(27)25-19-6-4-5-14-16(11-24-12-17(14)19)15-9-13-7-8-22(28)26(2)20(13)10-18(15)23/h2*9-12,19H,3-8H2,1-2H3,(H,25,27). The number of hydrogen-bond donors (Lipinski definition) is 2. The number of halogens is 2. The topological polar surface area (TPSA) is 125 Å². The highest BCUT2D eigenvalue weighted by molar-refractivity contribution is 5.97. The van der Waals surface area contributed by atoms with Crippen LogP contribution in [0.25, 0.3) is 22.3 Å². The van der Waals surface area contributed by atoms with Crippen LogP contribution in [-0.2, 0) is 44.9 Å². The molecule has 0 fully saturated rings. The molecule has 4 amide bonds. The van der Waals surface area contributed by atoms with Crippen LogP contribution in [0.1, 0.15) is 111 Å². The minimum absolute atomic E-state index is 0.00733. The summed E-state index contributed by atoms with van der Waals surface area (Å²) in [6, 6.07) is 6.49. The maximum absolute atomic E-state index is 15.1. The van der Waals surface area contributed by atoms with Crippen LogP contribution in [0.5, 0.6) is 0 Å². The molecule has 2 atom stereocenters. The van der Waals surface area contributed by atoms with Crippen molar-refractivity contribution >= 4 is 35.0 Å². The number of benzene rings is 2. The molecule has 292 valence electrons. The molecule has 56 heavy (non-hydrogen) atoms. The number of carbonyl (C=O) groups is 4. The summed E-state index contributed by atoms with van der Waals surface area (Å²) in [5, 5.41) is 6.12. The molecule has 4 heterocycles. The van der Waals surface area contributed by atoms with E-state index in [0.29, 0.717) is 61.0 Å². The van der Waals surface area contributed by atoms with Gasteiger partial charge in [0, 0.05) is 98.2 Å². The van der Waals surface area contributed by atoms with E-state index in [2.05, 4.69) is 20.6 Å². The van der Waals surface area contributed by atoms with Crippen LogP contribution in [0.15, 0.2) is 49.1 Å². The van der Waals surface area contributed by atoms with Gasteiger partial charge in [-0.25, -0.2) is 8.78 Å². The molecule has 10 nitrogen and oxygen atoms in total. The minimum atomic E-state index is -0.352. The second kappa shape index (κ2) is 16.3. The predicted molar refractivity (Wildman–Crippen MR) is 211 cm³/mol. The van der Waals surface area contributed by atoms with Gasteiger partial charge in [-0.15, -0.1) is 0 Å². The molecule has 2 aliphatic carbocycles. The number of amides is 4. The second-order valence-corrected chi connectivity index (χ2v) is 15.1. The van der Waals surface area contributed by atoms with Crippen molar-refractivity contribution in [3.8, 4) is 22.3 Å². The average Bonchev–Trinajstić information content (AvgIpc) is 3.21. The third kappa shape index (κ3) is 7.53. The van der Waals surface area contributed by atoms with E-state index in [9.17, 15) is 19.2 Å². The fourth-order valence-electron chi connectivity index (χ4n) is 8.54. The highest BCUT2D eigenvalue weighted by atomic mass is 19.1. The van der Waals surface area contributed by atoms with Crippen LogP contribution in [-0.4, -0.2) is 47.7 Å². The van der Waals surface area contributed by atoms with Gasteiger partial charge in [0.2, 0.25) is 23.6 Å². The zero-order chi connectivity index (χ0) is 39.7. The molecule has 4 aromatic rings. The van der Waals surface area contributed by atoms with Gasteiger partial charge in [-0.1, -0.05) is 13.8 Å². The quantitative estimate of drug-likeness (QED) is 0.211. The Labute approximate surface area is 326 Å². The maximum Gasteiger partial charge on any atom is 0.227 e. The number of pyridine rings is 2. The van der Waals surface area contributed by atoms with Crippen LogP contribution in [0.2, 0.25) is 0 Å². The zero-order valence-corrected chi connectivity index (χ0v) is 32.4. The van der Waals surface area contributed by atoms with Crippen molar-refractivity contribution in [1.82, 2.24) is 20.6 Å². The smallest absolute Gasteiger partial charge is 0.227 e. The molecule has 0 saturated carbocycles. The second-order valence-electron chi connectivity index (χ2n) is 15.1. The Morgan fingerprint density at radius 2 is 1.04 bits per heavy atom. The van der Waals surface area contributed by atoms with Gasteiger partial charge in [0.1, 0.15) is 11.6 Å². The van der Waals surface area contributed by atoms with E-state index >= 15 is 8.78 Å². The summed E-state index contributed by atoms with van der Waals surface area (Å²) in [7, 11) is 3.37. The van der Waals surface area contributed by atoms with Gasteiger partial charge >= 0.3 is 0 Å². The van der Waals surface area contributed by atoms with Gasteiger partial charge in [0.25, 0.3) is 0 Å². The Morgan fingerprint density at radius 3 is 1.43 bits per heavy atom. The van der Waals surface area contributed by atoms with E-state index < -0.39 is 0 Å². The molecule has 0 bridgehead atoms. The molecule has 0 saturated heterocycles. The van der Waals surface area contributed by atoms with E-state index in [1.165, 1.54) is 21.9 Å². The number of anilines is 2.